The van der Waals surface area contributed by atoms with Crippen LogP contribution in [0.1, 0.15) is 23.6 Å². The lowest BCUT2D eigenvalue weighted by molar-refractivity contribution is -0.116. The lowest BCUT2D eigenvalue weighted by Gasteiger charge is -2.23. The van der Waals surface area contributed by atoms with Gasteiger partial charge in [0.1, 0.15) is 24.5 Å². The Morgan fingerprint density at radius 3 is 3.08 bits per heavy atom. The van der Waals surface area contributed by atoms with Crippen LogP contribution in [0.25, 0.3) is 5.69 Å². The van der Waals surface area contributed by atoms with E-state index in [-0.39, 0.29) is 18.4 Å². The predicted molar refractivity (Wildman–Crippen MR) is 97.2 cm³/mol. The number of nitrogens with one attached hydrogen (secondary N) is 1. The number of imidazole rings is 1. The molecule has 1 unspecified atom stereocenters. The molecule has 0 spiro atoms. The van der Waals surface area contributed by atoms with E-state index in [1.54, 1.807) is 18.7 Å². The summed E-state index contributed by atoms with van der Waals surface area (Å²) in [6.45, 7) is 0.204. The topological polar surface area (TPSA) is 69.0 Å². The van der Waals surface area contributed by atoms with Crippen LogP contribution in [-0.4, -0.2) is 27.0 Å². The molecule has 3 heterocycles. The van der Waals surface area contributed by atoms with E-state index >= 15 is 0 Å². The lowest BCUT2D eigenvalue weighted by atomic mass is 9.89. The molecule has 1 N–H and O–H groups in total. The molecule has 0 fully saturated rings. The van der Waals surface area contributed by atoms with Gasteiger partial charge in [0.15, 0.2) is 0 Å². The number of ether oxygens (including phenoxy) is 1. The Bertz CT molecular complexity index is 989. The summed E-state index contributed by atoms with van der Waals surface area (Å²) in [5, 5.41) is 2.93. The summed E-state index contributed by atoms with van der Waals surface area (Å²) in [6.07, 6.45) is 10.7. The van der Waals surface area contributed by atoms with Gasteiger partial charge in [-0.05, 0) is 29.8 Å². The largest absolute Gasteiger partial charge is 0.481 e. The number of benzene rings is 1. The van der Waals surface area contributed by atoms with Crippen molar-refractivity contribution in [1.29, 1.82) is 0 Å². The second kappa shape index (κ2) is 6.73. The van der Waals surface area contributed by atoms with Crippen LogP contribution < -0.4 is 10.1 Å². The van der Waals surface area contributed by atoms with E-state index in [0.717, 1.165) is 16.9 Å². The number of carbonyl (C=O) groups excluding carboxylic acids is 1. The van der Waals surface area contributed by atoms with Crippen molar-refractivity contribution in [1.82, 2.24) is 14.5 Å². The third kappa shape index (κ3) is 2.91. The number of terminal acetylenes is 1. The van der Waals surface area contributed by atoms with Gasteiger partial charge in [-0.2, -0.15) is 0 Å². The van der Waals surface area contributed by atoms with Crippen molar-refractivity contribution in [3.8, 4) is 23.8 Å². The number of hydrogen-bond acceptors (Lipinski definition) is 4. The molecule has 3 aromatic rings. The molecule has 26 heavy (non-hydrogen) atoms. The molecule has 1 atom stereocenters. The minimum Gasteiger partial charge on any atom is -0.481 e. The van der Waals surface area contributed by atoms with Crippen molar-refractivity contribution in [3.05, 3.63) is 66.4 Å². The van der Waals surface area contributed by atoms with Crippen LogP contribution in [0.4, 0.5) is 5.82 Å². The highest BCUT2D eigenvalue weighted by Gasteiger charge is 2.31. The zero-order chi connectivity index (χ0) is 17.9. The standard InChI is InChI=1S/C20H16N4O2/c1-2-9-26-16-7-3-5-14(10-16)17-11-18(25)23-20-19(17)22-13-24(20)15-6-4-8-21-12-15/h1,3-8,10,12-13,17H,9,11H2,(H,23,25). The summed E-state index contributed by atoms with van der Waals surface area (Å²) in [4.78, 5) is 21.0. The van der Waals surface area contributed by atoms with E-state index < -0.39 is 0 Å². The highest BCUT2D eigenvalue weighted by Crippen LogP contribution is 2.38. The van der Waals surface area contributed by atoms with Crippen molar-refractivity contribution in [3.63, 3.8) is 0 Å². The molecule has 0 bridgehead atoms. The number of amides is 1. The number of fused-ring (bicyclic) bond motifs is 1. The van der Waals surface area contributed by atoms with E-state index in [1.165, 1.54) is 0 Å². The van der Waals surface area contributed by atoms with Crippen LogP contribution in [0.2, 0.25) is 0 Å². The highest BCUT2D eigenvalue weighted by molar-refractivity contribution is 5.94. The molecule has 4 rings (SSSR count). The van der Waals surface area contributed by atoms with Crippen molar-refractivity contribution in [2.45, 2.75) is 12.3 Å². The summed E-state index contributed by atoms with van der Waals surface area (Å²) in [5.41, 5.74) is 2.63. The van der Waals surface area contributed by atoms with Gasteiger partial charge in [-0.25, -0.2) is 4.98 Å². The fourth-order valence-electron chi connectivity index (χ4n) is 3.12. The van der Waals surface area contributed by atoms with Gasteiger partial charge in [0.05, 0.1) is 17.6 Å². The highest BCUT2D eigenvalue weighted by atomic mass is 16.5. The van der Waals surface area contributed by atoms with Crippen molar-refractivity contribution >= 4 is 11.7 Å². The second-order valence-corrected chi connectivity index (χ2v) is 5.93. The average Bonchev–Trinajstić information content (AvgIpc) is 3.10. The molecule has 0 saturated heterocycles. The minimum atomic E-state index is -0.147. The van der Waals surface area contributed by atoms with Crippen LogP contribution in [0.3, 0.4) is 0 Å². The van der Waals surface area contributed by atoms with Crippen LogP contribution in [0.15, 0.2) is 55.1 Å². The molecular formula is C20H16N4O2. The number of hydrogen-bond donors (Lipinski definition) is 1. The van der Waals surface area contributed by atoms with Gasteiger partial charge >= 0.3 is 0 Å². The van der Waals surface area contributed by atoms with Crippen molar-refractivity contribution < 1.29 is 9.53 Å². The first kappa shape index (κ1) is 15.9. The Morgan fingerprint density at radius 1 is 1.35 bits per heavy atom. The smallest absolute Gasteiger partial charge is 0.226 e. The van der Waals surface area contributed by atoms with Gasteiger partial charge in [0, 0.05) is 18.5 Å². The van der Waals surface area contributed by atoms with Gasteiger partial charge in [-0.1, -0.05) is 18.1 Å². The van der Waals surface area contributed by atoms with Crippen LogP contribution >= 0.6 is 0 Å². The summed E-state index contributed by atoms with van der Waals surface area (Å²) in [7, 11) is 0. The maximum Gasteiger partial charge on any atom is 0.226 e. The molecule has 6 nitrogen and oxygen atoms in total. The molecular weight excluding hydrogens is 328 g/mol. The quantitative estimate of drug-likeness (QED) is 0.739. The number of nitrogens with zero attached hydrogens (tertiary/aromatic N) is 3. The first-order chi connectivity index (χ1) is 12.8. The van der Waals surface area contributed by atoms with E-state index in [9.17, 15) is 4.79 Å². The SMILES string of the molecule is C#CCOc1cccc(C2CC(=O)Nc3c2ncn3-c2cccnc2)c1. The molecule has 1 aliphatic rings. The van der Waals surface area contributed by atoms with E-state index in [4.69, 9.17) is 11.2 Å². The number of aromatic nitrogens is 3. The van der Waals surface area contributed by atoms with Gasteiger partial charge in [0.2, 0.25) is 5.91 Å². The number of carbonyl (C=O) groups is 1. The van der Waals surface area contributed by atoms with Crippen LogP contribution in [0.5, 0.6) is 5.75 Å². The van der Waals surface area contributed by atoms with Crippen molar-refractivity contribution in [2.75, 3.05) is 11.9 Å². The van der Waals surface area contributed by atoms with Crippen molar-refractivity contribution in [2.24, 2.45) is 0 Å². The third-order valence-corrected chi connectivity index (χ3v) is 4.28. The van der Waals surface area contributed by atoms with Crippen LogP contribution in [-0.2, 0) is 4.79 Å². The second-order valence-electron chi connectivity index (χ2n) is 5.93. The Kier molecular flexibility index (Phi) is 4.12. The molecule has 6 heteroatoms. The fourth-order valence-corrected chi connectivity index (χ4v) is 3.12. The normalized spacial score (nSPS) is 15.7. The van der Waals surface area contributed by atoms with E-state index in [1.807, 2.05) is 41.0 Å². The molecule has 0 radical (unpaired) electrons. The Labute approximate surface area is 150 Å². The summed E-state index contributed by atoms with van der Waals surface area (Å²) in [6, 6.07) is 11.4. The van der Waals surface area contributed by atoms with Gasteiger partial charge in [0.25, 0.3) is 0 Å². The average molecular weight is 344 g/mol. The summed E-state index contributed by atoms with van der Waals surface area (Å²) < 4.78 is 7.34. The number of pyridine rings is 1. The van der Waals surface area contributed by atoms with Gasteiger partial charge in [-0.15, -0.1) is 6.42 Å². The summed E-state index contributed by atoms with van der Waals surface area (Å²) >= 11 is 0. The van der Waals surface area contributed by atoms with Crippen LogP contribution in [0, 0.1) is 12.3 Å². The van der Waals surface area contributed by atoms with E-state index in [2.05, 4.69) is 21.2 Å². The maximum atomic E-state index is 12.3. The zero-order valence-electron chi connectivity index (χ0n) is 13.9. The Morgan fingerprint density at radius 2 is 2.27 bits per heavy atom. The Hall–Kier alpha value is -3.59. The molecule has 0 aliphatic carbocycles. The first-order valence-electron chi connectivity index (χ1n) is 8.20. The number of rotatable bonds is 4. The maximum absolute atomic E-state index is 12.3. The van der Waals surface area contributed by atoms with E-state index in [0.29, 0.717) is 18.0 Å². The first-order valence-corrected chi connectivity index (χ1v) is 8.20. The van der Waals surface area contributed by atoms with Gasteiger partial charge in [-0.3, -0.25) is 14.3 Å². The predicted octanol–water partition coefficient (Wildman–Crippen LogP) is 2.75. The third-order valence-electron chi connectivity index (χ3n) is 4.28. The molecule has 1 aliphatic heterocycles. The molecule has 2 aromatic heterocycles. The Balaban J connectivity index is 1.74. The lowest BCUT2D eigenvalue weighted by Crippen LogP contribution is -2.25. The zero-order valence-corrected chi connectivity index (χ0v) is 13.9. The van der Waals surface area contributed by atoms with Gasteiger partial charge < -0.3 is 10.1 Å². The molecule has 1 amide bonds. The summed E-state index contributed by atoms with van der Waals surface area (Å²) in [5.74, 6) is 3.61. The molecule has 1 aromatic carbocycles. The minimum absolute atomic E-state index is 0.0527. The fraction of sp³-hybridized carbons (Fsp3) is 0.150. The monoisotopic (exact) mass is 344 g/mol. The molecule has 128 valence electrons. The molecule has 0 saturated carbocycles. The number of anilines is 1.